The molecule has 0 bridgehead atoms. The van der Waals surface area contributed by atoms with Crippen molar-refractivity contribution in [3.05, 3.63) is 42.0 Å². The third kappa shape index (κ3) is 3.88. The van der Waals surface area contributed by atoms with Crippen LogP contribution in [0.15, 0.2) is 36.4 Å². The molecule has 1 aliphatic heterocycles. The highest BCUT2D eigenvalue weighted by Crippen LogP contribution is 2.27. The average Bonchev–Trinajstić information content (AvgIpc) is 3.09. The highest BCUT2D eigenvalue weighted by atomic mass is 16.5. The van der Waals surface area contributed by atoms with Gasteiger partial charge >= 0.3 is 0 Å². The van der Waals surface area contributed by atoms with Gasteiger partial charge in [0.05, 0.1) is 11.8 Å². The number of aromatic nitrogens is 2. The molecule has 1 saturated heterocycles. The van der Waals surface area contributed by atoms with Crippen molar-refractivity contribution in [2.45, 2.75) is 45.8 Å². The molecule has 2 heterocycles. The van der Waals surface area contributed by atoms with Gasteiger partial charge in [-0.2, -0.15) is 0 Å². The molecule has 1 aromatic heterocycles. The summed E-state index contributed by atoms with van der Waals surface area (Å²) in [6.07, 6.45) is 2.74. The summed E-state index contributed by atoms with van der Waals surface area (Å²) in [5.74, 6) is 0.574. The molecule has 0 aliphatic carbocycles. The van der Waals surface area contributed by atoms with E-state index in [0.29, 0.717) is 11.9 Å². The van der Waals surface area contributed by atoms with Crippen molar-refractivity contribution < 1.29 is 4.74 Å². The van der Waals surface area contributed by atoms with Crippen LogP contribution in [0.1, 0.15) is 45.2 Å². The summed E-state index contributed by atoms with van der Waals surface area (Å²) in [7, 11) is 0. The minimum absolute atomic E-state index is 0.111. The molecule has 0 unspecified atom stereocenters. The highest BCUT2D eigenvalue weighted by Gasteiger charge is 2.19. The Bertz CT molecular complexity index is 633. The van der Waals surface area contributed by atoms with E-state index >= 15 is 0 Å². The molecule has 23 heavy (non-hydrogen) atoms. The van der Waals surface area contributed by atoms with E-state index in [1.54, 1.807) is 0 Å². The van der Waals surface area contributed by atoms with Gasteiger partial charge in [-0.05, 0) is 64.4 Å². The zero-order chi connectivity index (χ0) is 16.2. The summed E-state index contributed by atoms with van der Waals surface area (Å²) in [5, 5.41) is 8.48. The molecule has 4 heteroatoms. The van der Waals surface area contributed by atoms with Gasteiger partial charge in [0.15, 0.2) is 0 Å². The third-order valence-electron chi connectivity index (χ3n) is 4.35. The summed E-state index contributed by atoms with van der Waals surface area (Å²) in [6, 6.07) is 13.0. The second-order valence-corrected chi connectivity index (χ2v) is 6.47. The van der Waals surface area contributed by atoms with Crippen LogP contribution < -0.4 is 4.74 Å². The molecule has 0 saturated carbocycles. The summed E-state index contributed by atoms with van der Waals surface area (Å²) < 4.78 is 5.55. The Balaban J connectivity index is 1.78. The van der Waals surface area contributed by atoms with Gasteiger partial charge in [-0.25, -0.2) is 0 Å². The summed E-state index contributed by atoms with van der Waals surface area (Å²) in [4.78, 5) is 2.55. The second-order valence-electron chi connectivity index (χ2n) is 6.47. The normalized spacial score (nSPS) is 16.7. The first-order valence-electron chi connectivity index (χ1n) is 8.48. The van der Waals surface area contributed by atoms with Gasteiger partial charge in [-0.3, -0.25) is 4.90 Å². The van der Waals surface area contributed by atoms with Crippen LogP contribution in [0.25, 0.3) is 11.3 Å². The standard InChI is InChI=1S/C19H25N3O/c1-14(2)23-19-10-9-18(20-21-19)17-8-6-7-16(13-17)15(3)22-11-4-5-12-22/h6-10,13-15H,4-5,11-12H2,1-3H3/t15-/m0/s1. The summed E-state index contributed by atoms with van der Waals surface area (Å²) >= 11 is 0. The molecule has 0 spiro atoms. The average molecular weight is 311 g/mol. The van der Waals surface area contributed by atoms with Crippen LogP contribution in [0.5, 0.6) is 5.88 Å². The Labute approximate surface area is 138 Å². The first-order chi connectivity index (χ1) is 11.1. The minimum Gasteiger partial charge on any atom is -0.474 e. The van der Waals surface area contributed by atoms with E-state index in [4.69, 9.17) is 4.74 Å². The van der Waals surface area contributed by atoms with Gasteiger partial charge in [-0.15, -0.1) is 10.2 Å². The van der Waals surface area contributed by atoms with Crippen LogP contribution in [0.3, 0.4) is 0 Å². The van der Waals surface area contributed by atoms with Crippen molar-refractivity contribution in [2.24, 2.45) is 0 Å². The lowest BCUT2D eigenvalue weighted by Gasteiger charge is -2.24. The first kappa shape index (κ1) is 15.9. The molecular weight excluding hydrogens is 286 g/mol. The molecule has 0 radical (unpaired) electrons. The molecule has 122 valence electrons. The molecule has 1 atom stereocenters. The maximum absolute atomic E-state index is 5.55. The van der Waals surface area contributed by atoms with Crippen molar-refractivity contribution >= 4 is 0 Å². The maximum Gasteiger partial charge on any atom is 0.233 e. The fourth-order valence-electron chi connectivity index (χ4n) is 3.08. The van der Waals surface area contributed by atoms with Crippen LogP contribution in [0, 0.1) is 0 Å². The zero-order valence-corrected chi connectivity index (χ0v) is 14.2. The minimum atomic E-state index is 0.111. The van der Waals surface area contributed by atoms with Crippen LogP contribution in [0.4, 0.5) is 0 Å². The number of hydrogen-bond acceptors (Lipinski definition) is 4. The summed E-state index contributed by atoms with van der Waals surface area (Å²) in [5.41, 5.74) is 3.34. The van der Waals surface area contributed by atoms with Crippen molar-refractivity contribution in [3.63, 3.8) is 0 Å². The lowest BCUT2D eigenvalue weighted by atomic mass is 10.0. The quantitative estimate of drug-likeness (QED) is 0.833. The van der Waals surface area contributed by atoms with E-state index < -0.39 is 0 Å². The van der Waals surface area contributed by atoms with E-state index in [1.807, 2.05) is 26.0 Å². The Hall–Kier alpha value is -1.94. The van der Waals surface area contributed by atoms with E-state index in [0.717, 1.165) is 11.3 Å². The molecule has 1 aromatic carbocycles. The van der Waals surface area contributed by atoms with Gasteiger partial charge < -0.3 is 4.74 Å². The molecular formula is C19H25N3O. The largest absolute Gasteiger partial charge is 0.474 e. The lowest BCUT2D eigenvalue weighted by Crippen LogP contribution is -2.23. The van der Waals surface area contributed by atoms with Crippen LogP contribution in [0.2, 0.25) is 0 Å². The number of likely N-dealkylation sites (tertiary alicyclic amines) is 1. The number of hydrogen-bond donors (Lipinski definition) is 0. The van der Waals surface area contributed by atoms with Crippen LogP contribution >= 0.6 is 0 Å². The molecule has 1 fully saturated rings. The summed E-state index contributed by atoms with van der Waals surface area (Å²) in [6.45, 7) is 8.66. The van der Waals surface area contributed by atoms with Crippen LogP contribution in [-0.4, -0.2) is 34.3 Å². The van der Waals surface area contributed by atoms with Gasteiger partial charge in [0.25, 0.3) is 0 Å². The Morgan fingerprint density at radius 1 is 1.00 bits per heavy atom. The Morgan fingerprint density at radius 3 is 2.43 bits per heavy atom. The first-order valence-corrected chi connectivity index (χ1v) is 8.48. The number of rotatable bonds is 5. The van der Waals surface area contributed by atoms with Crippen molar-refractivity contribution in [2.75, 3.05) is 13.1 Å². The predicted molar refractivity (Wildman–Crippen MR) is 92.5 cm³/mol. The van der Waals surface area contributed by atoms with Crippen molar-refractivity contribution in [1.29, 1.82) is 0 Å². The Morgan fingerprint density at radius 2 is 1.78 bits per heavy atom. The fraction of sp³-hybridized carbons (Fsp3) is 0.474. The SMILES string of the molecule is CC(C)Oc1ccc(-c2cccc([C@H](C)N3CCCC3)c2)nn1. The lowest BCUT2D eigenvalue weighted by molar-refractivity contribution is 0.230. The molecule has 2 aromatic rings. The van der Waals surface area contributed by atoms with E-state index in [9.17, 15) is 0 Å². The second kappa shape index (κ2) is 7.09. The fourth-order valence-corrected chi connectivity index (χ4v) is 3.08. The monoisotopic (exact) mass is 311 g/mol. The number of benzene rings is 1. The van der Waals surface area contributed by atoms with Gasteiger partial charge in [0.2, 0.25) is 5.88 Å². The third-order valence-corrected chi connectivity index (χ3v) is 4.35. The van der Waals surface area contributed by atoms with Crippen molar-refractivity contribution in [3.8, 4) is 17.1 Å². The Kier molecular flexibility index (Phi) is 4.91. The molecule has 1 aliphatic rings. The smallest absolute Gasteiger partial charge is 0.233 e. The molecule has 0 amide bonds. The van der Waals surface area contributed by atoms with E-state index in [-0.39, 0.29) is 6.10 Å². The molecule has 4 nitrogen and oxygen atoms in total. The van der Waals surface area contributed by atoms with Crippen LogP contribution in [-0.2, 0) is 0 Å². The van der Waals surface area contributed by atoms with E-state index in [1.165, 1.54) is 31.5 Å². The maximum atomic E-state index is 5.55. The van der Waals surface area contributed by atoms with Gasteiger partial charge in [0.1, 0.15) is 0 Å². The zero-order valence-electron chi connectivity index (χ0n) is 14.2. The number of ether oxygens (including phenoxy) is 1. The topological polar surface area (TPSA) is 38.2 Å². The van der Waals surface area contributed by atoms with Gasteiger partial charge in [-0.1, -0.05) is 18.2 Å². The van der Waals surface area contributed by atoms with E-state index in [2.05, 4.69) is 46.3 Å². The molecule has 3 rings (SSSR count). The highest BCUT2D eigenvalue weighted by molar-refractivity contribution is 5.59. The predicted octanol–water partition coefficient (Wildman–Crippen LogP) is 4.09. The number of nitrogens with zero attached hydrogens (tertiary/aromatic N) is 3. The molecule has 0 N–H and O–H groups in total. The van der Waals surface area contributed by atoms with Crippen molar-refractivity contribution in [1.82, 2.24) is 15.1 Å². The van der Waals surface area contributed by atoms with Gasteiger partial charge in [0, 0.05) is 17.7 Å².